The molecule has 1 aromatic heterocycles. The zero-order chi connectivity index (χ0) is 17.9. The summed E-state index contributed by atoms with van der Waals surface area (Å²) in [6.45, 7) is 0. The first-order chi connectivity index (χ1) is 12.7. The Hall–Kier alpha value is -3.67. The van der Waals surface area contributed by atoms with Gasteiger partial charge in [-0.2, -0.15) is 0 Å². The van der Waals surface area contributed by atoms with E-state index in [0.717, 1.165) is 11.1 Å². The van der Waals surface area contributed by atoms with Crippen LogP contribution in [0.4, 0.5) is 0 Å². The smallest absolute Gasteiger partial charge is 0.288 e. The number of carbonyl (C=O) groups excluding carboxylic acids is 2. The molecule has 1 aliphatic heterocycles. The number of rotatable bonds is 2. The lowest BCUT2D eigenvalue weighted by Gasteiger charge is -2.27. The third-order valence-corrected chi connectivity index (χ3v) is 4.14. The van der Waals surface area contributed by atoms with Gasteiger partial charge in [0.25, 0.3) is 11.8 Å². The lowest BCUT2D eigenvalue weighted by Crippen LogP contribution is -2.44. The number of para-hydroxylation sites is 2. The van der Waals surface area contributed by atoms with Crippen molar-refractivity contribution in [2.24, 2.45) is 0 Å². The van der Waals surface area contributed by atoms with Crippen molar-refractivity contribution in [1.82, 2.24) is 15.8 Å². The summed E-state index contributed by atoms with van der Waals surface area (Å²) in [4.78, 5) is 28.9. The molecule has 2 aromatic carbocycles. The SMILES string of the molecule is O=C(NNC(=O)C1c2ccccc2Oc2ccccc21)c1ccccn1. The number of benzene rings is 2. The highest BCUT2D eigenvalue weighted by Crippen LogP contribution is 2.43. The molecule has 0 fully saturated rings. The molecular formula is C20H15N3O3. The van der Waals surface area contributed by atoms with Crippen LogP contribution in [0.3, 0.4) is 0 Å². The van der Waals surface area contributed by atoms with Gasteiger partial charge in [0.1, 0.15) is 17.2 Å². The van der Waals surface area contributed by atoms with Crippen LogP contribution < -0.4 is 15.6 Å². The third-order valence-electron chi connectivity index (χ3n) is 4.14. The normalized spacial score (nSPS) is 12.3. The second kappa shape index (κ2) is 6.68. The maximum atomic E-state index is 12.9. The molecule has 128 valence electrons. The van der Waals surface area contributed by atoms with E-state index in [2.05, 4.69) is 15.8 Å². The molecule has 4 rings (SSSR count). The Bertz CT molecular complexity index is 927. The van der Waals surface area contributed by atoms with Crippen LogP contribution in [0.25, 0.3) is 0 Å². The minimum Gasteiger partial charge on any atom is -0.457 e. The van der Waals surface area contributed by atoms with Gasteiger partial charge in [0.05, 0.1) is 5.92 Å². The van der Waals surface area contributed by atoms with E-state index in [1.807, 2.05) is 48.5 Å². The number of amides is 2. The quantitative estimate of drug-likeness (QED) is 0.700. The van der Waals surface area contributed by atoms with Gasteiger partial charge in [0, 0.05) is 17.3 Å². The zero-order valence-electron chi connectivity index (χ0n) is 13.7. The highest BCUT2D eigenvalue weighted by Gasteiger charge is 2.32. The van der Waals surface area contributed by atoms with Gasteiger partial charge in [-0.3, -0.25) is 25.4 Å². The van der Waals surface area contributed by atoms with Crippen LogP contribution >= 0.6 is 0 Å². The van der Waals surface area contributed by atoms with Crippen LogP contribution in [0.1, 0.15) is 27.5 Å². The van der Waals surface area contributed by atoms with Crippen LogP contribution in [0.15, 0.2) is 72.9 Å². The van der Waals surface area contributed by atoms with Crippen molar-refractivity contribution in [2.75, 3.05) is 0 Å². The molecule has 0 unspecified atom stereocenters. The van der Waals surface area contributed by atoms with Gasteiger partial charge in [-0.1, -0.05) is 42.5 Å². The number of hydrazine groups is 1. The third kappa shape index (κ3) is 2.88. The maximum Gasteiger partial charge on any atom is 0.288 e. The minimum atomic E-state index is -0.583. The van der Waals surface area contributed by atoms with Crippen molar-refractivity contribution in [3.8, 4) is 11.5 Å². The maximum absolute atomic E-state index is 12.9. The van der Waals surface area contributed by atoms with E-state index >= 15 is 0 Å². The van der Waals surface area contributed by atoms with Gasteiger partial charge in [0.2, 0.25) is 0 Å². The molecule has 6 heteroatoms. The summed E-state index contributed by atoms with van der Waals surface area (Å²) in [5, 5.41) is 0. The van der Waals surface area contributed by atoms with Crippen molar-refractivity contribution in [1.29, 1.82) is 0 Å². The monoisotopic (exact) mass is 345 g/mol. The van der Waals surface area contributed by atoms with Crippen LogP contribution in [0, 0.1) is 0 Å². The summed E-state index contributed by atoms with van der Waals surface area (Å²) in [7, 11) is 0. The molecule has 26 heavy (non-hydrogen) atoms. The number of nitrogens with zero attached hydrogens (tertiary/aromatic N) is 1. The number of aromatic nitrogens is 1. The van der Waals surface area contributed by atoms with Crippen LogP contribution in [0.2, 0.25) is 0 Å². The summed E-state index contributed by atoms with van der Waals surface area (Å²) < 4.78 is 5.88. The summed E-state index contributed by atoms with van der Waals surface area (Å²) in [6.07, 6.45) is 1.52. The summed E-state index contributed by atoms with van der Waals surface area (Å²) >= 11 is 0. The van der Waals surface area contributed by atoms with E-state index in [0.29, 0.717) is 11.5 Å². The summed E-state index contributed by atoms with van der Waals surface area (Å²) in [5.41, 5.74) is 6.63. The molecule has 0 bridgehead atoms. The Balaban J connectivity index is 1.59. The second-order valence-electron chi connectivity index (χ2n) is 5.77. The van der Waals surface area contributed by atoms with Gasteiger partial charge < -0.3 is 4.74 Å². The molecule has 0 saturated carbocycles. The van der Waals surface area contributed by atoms with E-state index in [9.17, 15) is 9.59 Å². The first kappa shape index (κ1) is 15.8. The highest BCUT2D eigenvalue weighted by molar-refractivity contribution is 5.95. The molecule has 0 aliphatic carbocycles. The lowest BCUT2D eigenvalue weighted by molar-refractivity contribution is -0.122. The van der Waals surface area contributed by atoms with Gasteiger partial charge in [-0.05, 0) is 24.3 Å². The first-order valence-electron chi connectivity index (χ1n) is 8.11. The minimum absolute atomic E-state index is 0.223. The van der Waals surface area contributed by atoms with Gasteiger partial charge in [-0.15, -0.1) is 0 Å². The molecule has 1 aliphatic rings. The number of ether oxygens (including phenoxy) is 1. The van der Waals surface area contributed by atoms with Gasteiger partial charge >= 0.3 is 0 Å². The number of carbonyl (C=O) groups is 2. The Labute approximate surface area is 149 Å². The standard InChI is InChI=1S/C20H15N3O3/c24-19(15-9-5-6-12-21-15)22-23-20(25)18-13-7-1-3-10-16(13)26-17-11-4-2-8-14(17)18/h1-12,18H,(H,22,24)(H,23,25). The first-order valence-corrected chi connectivity index (χ1v) is 8.11. The predicted molar refractivity (Wildman–Crippen MR) is 94.6 cm³/mol. The highest BCUT2D eigenvalue weighted by atomic mass is 16.5. The molecular weight excluding hydrogens is 330 g/mol. The molecule has 0 spiro atoms. The fraction of sp³-hybridized carbons (Fsp3) is 0.0500. The number of pyridine rings is 1. The Morgan fingerprint density at radius 2 is 1.42 bits per heavy atom. The fourth-order valence-corrected chi connectivity index (χ4v) is 2.94. The van der Waals surface area contributed by atoms with E-state index in [4.69, 9.17) is 4.74 Å². The van der Waals surface area contributed by atoms with Crippen LogP contribution in [-0.2, 0) is 4.79 Å². The second-order valence-corrected chi connectivity index (χ2v) is 5.77. The number of nitrogens with one attached hydrogen (secondary N) is 2. The fourth-order valence-electron chi connectivity index (χ4n) is 2.94. The number of fused-ring (bicyclic) bond motifs is 2. The van der Waals surface area contributed by atoms with Crippen molar-refractivity contribution >= 4 is 11.8 Å². The number of hydrogen-bond donors (Lipinski definition) is 2. The lowest BCUT2D eigenvalue weighted by atomic mass is 9.87. The van der Waals surface area contributed by atoms with E-state index in [-0.39, 0.29) is 11.6 Å². The molecule has 6 nitrogen and oxygen atoms in total. The van der Waals surface area contributed by atoms with Crippen molar-refractivity contribution in [3.63, 3.8) is 0 Å². The predicted octanol–water partition coefficient (Wildman–Crippen LogP) is 2.78. The van der Waals surface area contributed by atoms with E-state index in [1.165, 1.54) is 6.20 Å². The molecule has 2 heterocycles. The Morgan fingerprint density at radius 1 is 0.808 bits per heavy atom. The summed E-state index contributed by atoms with van der Waals surface area (Å²) in [6, 6.07) is 19.7. The van der Waals surface area contributed by atoms with Crippen molar-refractivity contribution in [2.45, 2.75) is 5.92 Å². The van der Waals surface area contributed by atoms with Crippen LogP contribution in [0.5, 0.6) is 11.5 Å². The average molecular weight is 345 g/mol. The Kier molecular flexibility index (Phi) is 4.07. The largest absolute Gasteiger partial charge is 0.457 e. The van der Waals surface area contributed by atoms with Crippen molar-refractivity contribution in [3.05, 3.63) is 89.7 Å². The Morgan fingerprint density at radius 3 is 2.04 bits per heavy atom. The molecule has 0 saturated heterocycles. The molecule has 0 atom stereocenters. The van der Waals surface area contributed by atoms with Crippen molar-refractivity contribution < 1.29 is 14.3 Å². The zero-order valence-corrected chi connectivity index (χ0v) is 13.7. The summed E-state index contributed by atoms with van der Waals surface area (Å²) in [5.74, 6) is -0.157. The molecule has 3 aromatic rings. The molecule has 2 amide bonds. The van der Waals surface area contributed by atoms with Gasteiger partial charge in [-0.25, -0.2) is 0 Å². The van der Waals surface area contributed by atoms with Crippen LogP contribution in [-0.4, -0.2) is 16.8 Å². The topological polar surface area (TPSA) is 80.3 Å². The number of hydrogen-bond acceptors (Lipinski definition) is 4. The molecule has 0 radical (unpaired) electrons. The van der Waals surface area contributed by atoms with E-state index in [1.54, 1.807) is 18.2 Å². The average Bonchev–Trinajstić information content (AvgIpc) is 2.70. The van der Waals surface area contributed by atoms with E-state index < -0.39 is 11.8 Å². The van der Waals surface area contributed by atoms with Gasteiger partial charge in [0.15, 0.2) is 0 Å². The molecule has 2 N–H and O–H groups in total.